The lowest BCUT2D eigenvalue weighted by Gasteiger charge is -2.21. The summed E-state index contributed by atoms with van der Waals surface area (Å²) in [6, 6.07) is 0. The van der Waals surface area contributed by atoms with Gasteiger partial charge in [-0.2, -0.15) is 0 Å². The summed E-state index contributed by atoms with van der Waals surface area (Å²) in [5, 5.41) is 8.76. The van der Waals surface area contributed by atoms with Gasteiger partial charge in [0.25, 0.3) is 0 Å². The number of hydrogen-bond acceptors (Lipinski definition) is 1. The Morgan fingerprint density at radius 3 is 1.83 bits per heavy atom. The zero-order valence-electron chi connectivity index (χ0n) is 7.13. The lowest BCUT2D eigenvalue weighted by molar-refractivity contribution is 0.147. The van der Waals surface area contributed by atoms with Crippen LogP contribution in [0.5, 0.6) is 0 Å². The minimum atomic E-state index is -0.868. The average Bonchev–Trinajstić information content (AvgIpc) is 1.83. The van der Waals surface area contributed by atoms with Crippen molar-refractivity contribution in [2.45, 2.75) is 23.5 Å². The zero-order valence-corrected chi connectivity index (χ0v) is 10.3. The molecule has 0 aliphatic heterocycles. The first kappa shape index (κ1) is 12.2. The molecule has 5 heteroatoms. The Bertz CT molecular complexity index is 140. The van der Waals surface area contributed by atoms with Crippen LogP contribution >= 0.6 is 31.9 Å². The van der Waals surface area contributed by atoms with Crippen LogP contribution < -0.4 is 0 Å². The Kier molecular flexibility index (Phi) is 5.92. The van der Waals surface area contributed by atoms with Crippen LogP contribution in [0.4, 0.5) is 4.79 Å². The van der Waals surface area contributed by atoms with Gasteiger partial charge in [0.05, 0.1) is 0 Å². The van der Waals surface area contributed by atoms with Gasteiger partial charge >= 0.3 is 6.09 Å². The lowest BCUT2D eigenvalue weighted by Crippen LogP contribution is -2.37. The molecule has 12 heavy (non-hydrogen) atoms. The van der Waals surface area contributed by atoms with Gasteiger partial charge in [0, 0.05) is 22.7 Å². The smallest absolute Gasteiger partial charge is 0.407 e. The summed E-state index contributed by atoms with van der Waals surface area (Å²) in [6.07, 6.45) is -0.868. The van der Waals surface area contributed by atoms with Gasteiger partial charge in [0.1, 0.15) is 0 Å². The van der Waals surface area contributed by atoms with Gasteiger partial charge in [-0.15, -0.1) is 0 Å². The molecular weight excluding hydrogens is 290 g/mol. The molecule has 1 N–H and O–H groups in total. The van der Waals surface area contributed by atoms with Gasteiger partial charge in [0.15, 0.2) is 0 Å². The summed E-state index contributed by atoms with van der Waals surface area (Å²) in [4.78, 5) is 12.4. The monoisotopic (exact) mass is 301 g/mol. The molecule has 0 radical (unpaired) electrons. The fourth-order valence-electron chi connectivity index (χ4n) is 0.838. The van der Waals surface area contributed by atoms with Crippen molar-refractivity contribution in [3.05, 3.63) is 0 Å². The number of amides is 1. The number of hydrogen-bond donors (Lipinski definition) is 1. The number of carboxylic acid groups (broad SMARTS) is 1. The van der Waals surface area contributed by atoms with Crippen molar-refractivity contribution in [2.75, 3.05) is 13.1 Å². The van der Waals surface area contributed by atoms with E-state index in [1.54, 1.807) is 0 Å². The van der Waals surface area contributed by atoms with Crippen molar-refractivity contribution in [2.24, 2.45) is 0 Å². The summed E-state index contributed by atoms with van der Waals surface area (Å²) in [7, 11) is 0. The second kappa shape index (κ2) is 5.80. The Balaban J connectivity index is 3.96. The van der Waals surface area contributed by atoms with Crippen molar-refractivity contribution < 1.29 is 9.90 Å². The van der Waals surface area contributed by atoms with Crippen molar-refractivity contribution in [3.63, 3.8) is 0 Å². The third-order valence-electron chi connectivity index (χ3n) is 1.21. The van der Waals surface area contributed by atoms with Crippen LogP contribution in [0.2, 0.25) is 0 Å². The molecular formula is C7H13Br2NO2. The summed E-state index contributed by atoms with van der Waals surface area (Å²) < 4.78 is 0. The van der Waals surface area contributed by atoms with Crippen molar-refractivity contribution >= 4 is 38.0 Å². The molecule has 0 aromatic heterocycles. The van der Waals surface area contributed by atoms with Gasteiger partial charge in [-0.1, -0.05) is 45.7 Å². The highest BCUT2D eigenvalue weighted by atomic mass is 79.9. The molecule has 0 aromatic carbocycles. The van der Waals surface area contributed by atoms with E-state index in [9.17, 15) is 4.79 Å². The molecule has 0 aromatic rings. The molecule has 0 bridgehead atoms. The highest BCUT2D eigenvalue weighted by Gasteiger charge is 2.15. The van der Waals surface area contributed by atoms with Crippen LogP contribution in [0.15, 0.2) is 0 Å². The van der Waals surface area contributed by atoms with Crippen LogP contribution in [-0.4, -0.2) is 38.8 Å². The van der Waals surface area contributed by atoms with Crippen LogP contribution in [0.1, 0.15) is 13.8 Å². The van der Waals surface area contributed by atoms with Crippen LogP contribution in [-0.2, 0) is 0 Å². The van der Waals surface area contributed by atoms with E-state index in [-0.39, 0.29) is 9.65 Å². The van der Waals surface area contributed by atoms with E-state index in [4.69, 9.17) is 5.11 Å². The van der Waals surface area contributed by atoms with Crippen LogP contribution in [0.25, 0.3) is 0 Å². The van der Waals surface area contributed by atoms with Gasteiger partial charge in [-0.3, -0.25) is 0 Å². The molecule has 0 rings (SSSR count). The van der Waals surface area contributed by atoms with Gasteiger partial charge in [-0.25, -0.2) is 4.79 Å². The molecule has 0 spiro atoms. The maximum absolute atomic E-state index is 10.7. The summed E-state index contributed by atoms with van der Waals surface area (Å²) >= 11 is 6.63. The van der Waals surface area contributed by atoms with Gasteiger partial charge in [0.2, 0.25) is 0 Å². The first-order chi connectivity index (χ1) is 5.43. The molecule has 3 nitrogen and oxygen atoms in total. The second-order valence-corrected chi connectivity index (χ2v) is 5.88. The average molecular weight is 303 g/mol. The van der Waals surface area contributed by atoms with E-state index < -0.39 is 6.09 Å². The van der Waals surface area contributed by atoms with Crippen LogP contribution in [0, 0.1) is 0 Å². The molecule has 0 saturated heterocycles. The number of rotatable bonds is 4. The maximum atomic E-state index is 10.7. The molecule has 2 unspecified atom stereocenters. The number of carbonyl (C=O) groups is 1. The summed E-state index contributed by atoms with van der Waals surface area (Å²) in [5.41, 5.74) is 0. The van der Waals surface area contributed by atoms with E-state index in [1.165, 1.54) is 4.90 Å². The van der Waals surface area contributed by atoms with E-state index in [2.05, 4.69) is 31.9 Å². The third-order valence-corrected chi connectivity index (χ3v) is 1.79. The van der Waals surface area contributed by atoms with Crippen LogP contribution in [0.3, 0.4) is 0 Å². The minimum absolute atomic E-state index is 0.194. The SMILES string of the molecule is CC(Br)CN(CC(C)Br)C(=O)O. The molecule has 1 amide bonds. The number of alkyl halides is 2. The van der Waals surface area contributed by atoms with Gasteiger partial charge < -0.3 is 10.0 Å². The molecule has 0 aliphatic carbocycles. The predicted molar refractivity (Wildman–Crippen MR) is 56.4 cm³/mol. The Labute approximate surface area is 89.4 Å². The second-order valence-electron chi connectivity index (χ2n) is 2.75. The topological polar surface area (TPSA) is 40.5 Å². The molecule has 0 fully saturated rings. The molecule has 0 saturated carbocycles. The number of halogens is 2. The van der Waals surface area contributed by atoms with Crippen molar-refractivity contribution in [3.8, 4) is 0 Å². The summed E-state index contributed by atoms with van der Waals surface area (Å²) in [6.45, 7) is 4.89. The minimum Gasteiger partial charge on any atom is -0.465 e. The van der Waals surface area contributed by atoms with E-state index in [0.717, 1.165) is 0 Å². The van der Waals surface area contributed by atoms with E-state index in [0.29, 0.717) is 13.1 Å². The summed E-state index contributed by atoms with van der Waals surface area (Å²) in [5.74, 6) is 0. The Morgan fingerprint density at radius 1 is 1.33 bits per heavy atom. The third kappa shape index (κ3) is 5.83. The first-order valence-corrected chi connectivity index (χ1v) is 5.52. The van der Waals surface area contributed by atoms with E-state index in [1.807, 2.05) is 13.8 Å². The highest BCUT2D eigenvalue weighted by Crippen LogP contribution is 2.06. The highest BCUT2D eigenvalue weighted by molar-refractivity contribution is 9.09. The zero-order chi connectivity index (χ0) is 9.72. The standard InChI is InChI=1S/C7H13Br2NO2/c1-5(8)3-10(7(11)12)4-6(2)9/h5-6H,3-4H2,1-2H3,(H,11,12). The lowest BCUT2D eigenvalue weighted by atomic mass is 10.4. The normalized spacial score (nSPS) is 15.3. The van der Waals surface area contributed by atoms with Gasteiger partial charge in [-0.05, 0) is 0 Å². The predicted octanol–water partition coefficient (Wildman–Crippen LogP) is 2.53. The molecule has 0 heterocycles. The fraction of sp³-hybridized carbons (Fsp3) is 0.857. The largest absolute Gasteiger partial charge is 0.465 e. The molecule has 2 atom stereocenters. The van der Waals surface area contributed by atoms with Crippen molar-refractivity contribution in [1.29, 1.82) is 0 Å². The first-order valence-electron chi connectivity index (χ1n) is 3.69. The van der Waals surface area contributed by atoms with E-state index >= 15 is 0 Å². The quantitative estimate of drug-likeness (QED) is 0.811. The maximum Gasteiger partial charge on any atom is 0.407 e. The molecule has 72 valence electrons. The fourth-order valence-corrected chi connectivity index (χ4v) is 1.54. The Morgan fingerprint density at radius 2 is 1.67 bits per heavy atom. The molecule has 0 aliphatic rings. The number of nitrogens with zero attached hydrogens (tertiary/aromatic N) is 1. The van der Waals surface area contributed by atoms with Crippen molar-refractivity contribution in [1.82, 2.24) is 4.90 Å². The Hall–Kier alpha value is 0.230.